The van der Waals surface area contributed by atoms with Crippen molar-refractivity contribution in [3.63, 3.8) is 0 Å². The molecule has 1 aromatic carbocycles. The molecule has 0 N–H and O–H groups in total. The molecule has 1 aliphatic rings. The predicted molar refractivity (Wildman–Crippen MR) is 111 cm³/mol. The van der Waals surface area contributed by atoms with Crippen LogP contribution in [0, 0.1) is 0 Å². The standard InChI is InChI=1S/C19H23ClN2O2S2/c1-21(2)11-16-6-7-17(24-16)12-25-9-8-22-18(23)13-26-19(22)14-4-3-5-15(20)10-14/h3-7,10,19H,8-9,11-13H2,1-2H3. The Balaban J connectivity index is 1.50. The molecule has 0 bridgehead atoms. The van der Waals surface area contributed by atoms with E-state index in [4.69, 9.17) is 16.0 Å². The van der Waals surface area contributed by atoms with Gasteiger partial charge in [-0.2, -0.15) is 11.8 Å². The van der Waals surface area contributed by atoms with Crippen LogP contribution in [0.25, 0.3) is 0 Å². The van der Waals surface area contributed by atoms with Crippen LogP contribution in [0.5, 0.6) is 0 Å². The highest BCUT2D eigenvalue weighted by Crippen LogP contribution is 2.39. The molecule has 1 aromatic heterocycles. The fourth-order valence-corrected chi connectivity index (χ4v) is 5.10. The van der Waals surface area contributed by atoms with Gasteiger partial charge in [-0.1, -0.05) is 23.7 Å². The van der Waals surface area contributed by atoms with Crippen LogP contribution in [0.1, 0.15) is 22.5 Å². The first-order chi connectivity index (χ1) is 12.5. The number of thioether (sulfide) groups is 2. The van der Waals surface area contributed by atoms with Gasteiger partial charge in [0.25, 0.3) is 0 Å². The van der Waals surface area contributed by atoms with Crippen molar-refractivity contribution >= 4 is 41.0 Å². The number of rotatable bonds is 8. The average Bonchev–Trinajstić information content (AvgIpc) is 3.18. The molecule has 4 nitrogen and oxygen atoms in total. The smallest absolute Gasteiger partial charge is 0.233 e. The van der Waals surface area contributed by atoms with Crippen molar-refractivity contribution in [2.24, 2.45) is 0 Å². The molecule has 1 atom stereocenters. The van der Waals surface area contributed by atoms with E-state index in [0.29, 0.717) is 10.8 Å². The van der Waals surface area contributed by atoms with Gasteiger partial charge in [0.1, 0.15) is 16.9 Å². The predicted octanol–water partition coefficient (Wildman–Crippen LogP) is 4.50. The lowest BCUT2D eigenvalue weighted by atomic mass is 10.2. The number of furan rings is 1. The Morgan fingerprint density at radius 3 is 2.88 bits per heavy atom. The largest absolute Gasteiger partial charge is 0.464 e. The lowest BCUT2D eigenvalue weighted by Crippen LogP contribution is -2.30. The van der Waals surface area contributed by atoms with Crippen LogP contribution in [-0.4, -0.2) is 47.9 Å². The van der Waals surface area contributed by atoms with E-state index in [1.807, 2.05) is 55.4 Å². The van der Waals surface area contributed by atoms with Gasteiger partial charge in [-0.05, 0) is 43.9 Å². The SMILES string of the molecule is CN(C)Cc1ccc(CSCCN2C(=O)CSC2c2cccc(Cl)c2)o1. The normalized spacial score (nSPS) is 17.5. The molecular weight excluding hydrogens is 388 g/mol. The highest BCUT2D eigenvalue weighted by molar-refractivity contribution is 8.00. The topological polar surface area (TPSA) is 36.7 Å². The number of amides is 1. The molecule has 0 spiro atoms. The number of hydrogen-bond acceptors (Lipinski definition) is 5. The van der Waals surface area contributed by atoms with Gasteiger partial charge in [0.05, 0.1) is 18.1 Å². The zero-order chi connectivity index (χ0) is 18.5. The lowest BCUT2D eigenvalue weighted by Gasteiger charge is -2.24. The second kappa shape index (κ2) is 9.22. The third-order valence-electron chi connectivity index (χ3n) is 4.01. The highest BCUT2D eigenvalue weighted by atomic mass is 35.5. The molecule has 1 fully saturated rings. The molecule has 0 radical (unpaired) electrons. The van der Waals surface area contributed by atoms with Crippen molar-refractivity contribution in [2.75, 3.05) is 32.1 Å². The second-order valence-electron chi connectivity index (χ2n) is 6.46. The van der Waals surface area contributed by atoms with Gasteiger partial charge < -0.3 is 14.2 Å². The number of hydrogen-bond donors (Lipinski definition) is 0. The second-order valence-corrected chi connectivity index (χ2v) is 9.07. The first kappa shape index (κ1) is 19.7. The fraction of sp³-hybridized carbons (Fsp3) is 0.421. The van der Waals surface area contributed by atoms with Crippen molar-refractivity contribution in [1.29, 1.82) is 0 Å². The Morgan fingerprint density at radius 2 is 2.12 bits per heavy atom. The van der Waals surface area contributed by atoms with Gasteiger partial charge in [0.15, 0.2) is 0 Å². The average molecular weight is 411 g/mol. The van der Waals surface area contributed by atoms with Crippen LogP contribution in [0.3, 0.4) is 0 Å². The summed E-state index contributed by atoms with van der Waals surface area (Å²) in [4.78, 5) is 16.3. The van der Waals surface area contributed by atoms with Crippen molar-refractivity contribution in [2.45, 2.75) is 17.7 Å². The number of carbonyl (C=O) groups excluding carboxylic acids is 1. The van der Waals surface area contributed by atoms with Gasteiger partial charge in [0.2, 0.25) is 5.91 Å². The molecule has 1 amide bonds. The van der Waals surface area contributed by atoms with E-state index in [1.165, 1.54) is 0 Å². The zero-order valence-corrected chi connectivity index (χ0v) is 17.4. The molecule has 140 valence electrons. The van der Waals surface area contributed by atoms with Crippen LogP contribution >= 0.6 is 35.1 Å². The molecule has 2 aromatic rings. The number of nitrogens with zero attached hydrogens (tertiary/aromatic N) is 2. The maximum Gasteiger partial charge on any atom is 0.233 e. The fourth-order valence-electron chi connectivity index (χ4n) is 2.86. The number of carbonyl (C=O) groups is 1. The molecule has 1 unspecified atom stereocenters. The Morgan fingerprint density at radius 1 is 1.31 bits per heavy atom. The van der Waals surface area contributed by atoms with E-state index in [2.05, 4.69) is 4.90 Å². The van der Waals surface area contributed by atoms with Crippen LogP contribution in [0.4, 0.5) is 0 Å². The maximum absolute atomic E-state index is 12.3. The van der Waals surface area contributed by atoms with Crippen LogP contribution in [-0.2, 0) is 17.1 Å². The highest BCUT2D eigenvalue weighted by Gasteiger charge is 2.32. The number of benzene rings is 1. The maximum atomic E-state index is 12.3. The van der Waals surface area contributed by atoms with Crippen molar-refractivity contribution in [3.05, 3.63) is 58.5 Å². The van der Waals surface area contributed by atoms with Gasteiger partial charge in [0, 0.05) is 17.3 Å². The summed E-state index contributed by atoms with van der Waals surface area (Å²) in [6.45, 7) is 1.55. The van der Waals surface area contributed by atoms with Crippen LogP contribution < -0.4 is 0 Å². The minimum atomic E-state index is 0.0668. The third-order valence-corrected chi connectivity index (χ3v) is 6.46. The lowest BCUT2D eigenvalue weighted by molar-refractivity contribution is -0.127. The quantitative estimate of drug-likeness (QED) is 0.599. The molecule has 26 heavy (non-hydrogen) atoms. The Bertz CT molecular complexity index is 751. The summed E-state index contributed by atoms with van der Waals surface area (Å²) in [5.74, 6) is 4.41. The van der Waals surface area contributed by atoms with Crippen LogP contribution in [0.15, 0.2) is 40.8 Å². The molecule has 0 saturated carbocycles. The van der Waals surface area contributed by atoms with Crippen molar-refractivity contribution < 1.29 is 9.21 Å². The summed E-state index contributed by atoms with van der Waals surface area (Å²) in [5, 5.41) is 0.778. The van der Waals surface area contributed by atoms with E-state index in [9.17, 15) is 4.79 Å². The molecule has 1 saturated heterocycles. The van der Waals surface area contributed by atoms with Gasteiger partial charge >= 0.3 is 0 Å². The zero-order valence-electron chi connectivity index (χ0n) is 15.0. The number of halogens is 1. The Hall–Kier alpha value is -1.08. The minimum Gasteiger partial charge on any atom is -0.464 e. The van der Waals surface area contributed by atoms with Gasteiger partial charge in [-0.25, -0.2) is 0 Å². The summed E-state index contributed by atoms with van der Waals surface area (Å²) in [5.41, 5.74) is 1.10. The van der Waals surface area contributed by atoms with E-state index in [1.54, 1.807) is 23.5 Å². The monoisotopic (exact) mass is 410 g/mol. The van der Waals surface area contributed by atoms with Crippen LogP contribution in [0.2, 0.25) is 5.02 Å². The summed E-state index contributed by atoms with van der Waals surface area (Å²) in [7, 11) is 4.05. The van der Waals surface area contributed by atoms with Crippen molar-refractivity contribution in [3.8, 4) is 0 Å². The molecule has 3 rings (SSSR count). The first-order valence-corrected chi connectivity index (χ1v) is 11.1. The summed E-state index contributed by atoms with van der Waals surface area (Å²) in [6, 6.07) is 11.9. The molecule has 0 aliphatic carbocycles. The molecule has 2 heterocycles. The van der Waals surface area contributed by atoms with Gasteiger partial charge in [-0.15, -0.1) is 11.8 Å². The summed E-state index contributed by atoms with van der Waals surface area (Å²) >= 11 is 9.57. The minimum absolute atomic E-state index is 0.0668. The third kappa shape index (κ3) is 5.22. The molecular formula is C19H23ClN2O2S2. The first-order valence-electron chi connectivity index (χ1n) is 8.49. The Labute approximate surface area is 168 Å². The molecule has 1 aliphatic heterocycles. The van der Waals surface area contributed by atoms with E-state index in [-0.39, 0.29) is 11.3 Å². The summed E-state index contributed by atoms with van der Waals surface area (Å²) in [6.07, 6.45) is 0. The van der Waals surface area contributed by atoms with E-state index in [0.717, 1.165) is 41.7 Å². The summed E-state index contributed by atoms with van der Waals surface area (Å²) < 4.78 is 5.83. The Kier molecular flexibility index (Phi) is 6.98. The molecule has 7 heteroatoms. The van der Waals surface area contributed by atoms with Crippen molar-refractivity contribution in [1.82, 2.24) is 9.80 Å². The van der Waals surface area contributed by atoms with E-state index < -0.39 is 0 Å². The van der Waals surface area contributed by atoms with Gasteiger partial charge in [-0.3, -0.25) is 4.79 Å². The van der Waals surface area contributed by atoms with E-state index >= 15 is 0 Å².